The van der Waals surface area contributed by atoms with Gasteiger partial charge >= 0.3 is 12.0 Å². The molecule has 0 bridgehead atoms. The van der Waals surface area contributed by atoms with Gasteiger partial charge in [0.1, 0.15) is 0 Å². The van der Waals surface area contributed by atoms with Crippen LogP contribution in [0, 0.1) is 5.41 Å². The first kappa shape index (κ1) is 15.8. The average molecular weight is 270 g/mol. The molecule has 19 heavy (non-hydrogen) atoms. The van der Waals surface area contributed by atoms with Gasteiger partial charge in [-0.3, -0.25) is 4.79 Å². The zero-order chi connectivity index (χ0) is 14.7. The second-order valence-electron chi connectivity index (χ2n) is 6.31. The molecule has 2 N–H and O–H groups in total. The van der Waals surface area contributed by atoms with Crippen molar-refractivity contribution in [2.45, 2.75) is 58.4 Å². The Hall–Kier alpha value is -1.26. The van der Waals surface area contributed by atoms with Crippen molar-refractivity contribution in [2.24, 2.45) is 5.41 Å². The van der Waals surface area contributed by atoms with E-state index in [1.807, 2.05) is 20.8 Å². The van der Waals surface area contributed by atoms with Gasteiger partial charge in [-0.15, -0.1) is 0 Å². The number of nitrogens with zero attached hydrogens (tertiary/aromatic N) is 1. The quantitative estimate of drug-likeness (QED) is 0.779. The first-order valence-electron chi connectivity index (χ1n) is 6.96. The van der Waals surface area contributed by atoms with Gasteiger partial charge in [-0.05, 0) is 38.5 Å². The van der Waals surface area contributed by atoms with Crippen LogP contribution in [0.4, 0.5) is 4.79 Å². The largest absolute Gasteiger partial charge is 0.481 e. The molecule has 0 radical (unpaired) electrons. The van der Waals surface area contributed by atoms with Crippen molar-refractivity contribution in [1.82, 2.24) is 10.2 Å². The van der Waals surface area contributed by atoms with Crippen molar-refractivity contribution in [3.63, 3.8) is 0 Å². The third-order valence-corrected chi connectivity index (χ3v) is 4.63. The molecule has 0 aromatic rings. The number of urea groups is 1. The maximum absolute atomic E-state index is 12.1. The fraction of sp³-hybridized carbons (Fsp3) is 0.857. The standard InChI is InChI=1S/C14H26N2O3/c1-5-13(2,3)16(4)12(19)15-10-14(7-6-8-14)9-11(17)18/h5-10H2,1-4H3,(H,15,19)(H,17,18). The maximum atomic E-state index is 12.1. The topological polar surface area (TPSA) is 69.6 Å². The van der Waals surface area contributed by atoms with Crippen LogP contribution in [0.25, 0.3) is 0 Å². The number of carboxylic acid groups (broad SMARTS) is 1. The Morgan fingerprint density at radius 2 is 1.95 bits per heavy atom. The van der Waals surface area contributed by atoms with Gasteiger partial charge in [-0.1, -0.05) is 13.3 Å². The summed E-state index contributed by atoms with van der Waals surface area (Å²) in [6.07, 6.45) is 3.85. The third-order valence-electron chi connectivity index (χ3n) is 4.63. The molecule has 0 saturated heterocycles. The molecular weight excluding hydrogens is 244 g/mol. The molecule has 0 aromatic carbocycles. The lowest BCUT2D eigenvalue weighted by molar-refractivity contribution is -0.141. The van der Waals surface area contributed by atoms with Crippen molar-refractivity contribution in [2.75, 3.05) is 13.6 Å². The minimum atomic E-state index is -0.781. The summed E-state index contributed by atoms with van der Waals surface area (Å²) in [5.41, 5.74) is -0.414. The van der Waals surface area contributed by atoms with E-state index >= 15 is 0 Å². The van der Waals surface area contributed by atoms with Crippen LogP contribution in [0.3, 0.4) is 0 Å². The van der Waals surface area contributed by atoms with Crippen LogP contribution < -0.4 is 5.32 Å². The number of carbonyl (C=O) groups is 2. The van der Waals surface area contributed by atoms with Gasteiger partial charge < -0.3 is 15.3 Å². The molecular formula is C14H26N2O3. The predicted octanol–water partition coefficient (Wildman–Crippen LogP) is 2.46. The Morgan fingerprint density at radius 3 is 2.32 bits per heavy atom. The second kappa shape index (κ2) is 5.80. The maximum Gasteiger partial charge on any atom is 0.317 e. The molecule has 1 aliphatic carbocycles. The summed E-state index contributed by atoms with van der Waals surface area (Å²) in [7, 11) is 1.78. The smallest absolute Gasteiger partial charge is 0.317 e. The van der Waals surface area contributed by atoms with E-state index in [0.29, 0.717) is 6.54 Å². The number of carboxylic acids is 1. The van der Waals surface area contributed by atoms with Crippen molar-refractivity contribution >= 4 is 12.0 Å². The summed E-state index contributed by atoms with van der Waals surface area (Å²) in [5, 5.41) is 11.8. The number of aliphatic carboxylic acids is 1. The molecule has 1 rings (SSSR count). The van der Waals surface area contributed by atoms with Gasteiger partial charge in [-0.25, -0.2) is 4.79 Å². The Morgan fingerprint density at radius 1 is 1.37 bits per heavy atom. The first-order chi connectivity index (χ1) is 8.72. The molecule has 5 heteroatoms. The average Bonchev–Trinajstić information content (AvgIpc) is 2.30. The molecule has 0 aromatic heterocycles. The van der Waals surface area contributed by atoms with Gasteiger partial charge in [-0.2, -0.15) is 0 Å². The number of rotatable bonds is 6. The Labute approximate surface area is 115 Å². The fourth-order valence-corrected chi connectivity index (χ4v) is 2.31. The zero-order valence-electron chi connectivity index (χ0n) is 12.5. The number of amides is 2. The molecule has 0 aliphatic heterocycles. The van der Waals surface area contributed by atoms with E-state index < -0.39 is 5.97 Å². The number of hydrogen-bond acceptors (Lipinski definition) is 2. The van der Waals surface area contributed by atoms with Crippen molar-refractivity contribution in [3.05, 3.63) is 0 Å². The van der Waals surface area contributed by atoms with Crippen LogP contribution in [-0.2, 0) is 4.79 Å². The normalized spacial score (nSPS) is 17.5. The molecule has 1 aliphatic rings. The number of carbonyl (C=O) groups excluding carboxylic acids is 1. The van der Waals surface area contributed by atoms with Gasteiger partial charge in [0.2, 0.25) is 0 Å². The monoisotopic (exact) mass is 270 g/mol. The highest BCUT2D eigenvalue weighted by Crippen LogP contribution is 2.43. The number of hydrogen-bond donors (Lipinski definition) is 2. The Bertz CT molecular complexity index is 349. The molecule has 0 atom stereocenters. The summed E-state index contributed by atoms with van der Waals surface area (Å²) >= 11 is 0. The Kier molecular flexibility index (Phi) is 4.82. The van der Waals surface area contributed by atoms with Gasteiger partial charge in [0.25, 0.3) is 0 Å². The molecule has 0 unspecified atom stereocenters. The summed E-state index contributed by atoms with van der Waals surface area (Å²) < 4.78 is 0. The summed E-state index contributed by atoms with van der Waals surface area (Å²) in [6, 6.07) is -0.122. The highest BCUT2D eigenvalue weighted by Gasteiger charge is 2.39. The molecule has 0 heterocycles. The van der Waals surface area contributed by atoms with E-state index in [1.54, 1.807) is 11.9 Å². The van der Waals surface area contributed by atoms with E-state index in [0.717, 1.165) is 25.7 Å². The van der Waals surface area contributed by atoms with E-state index in [2.05, 4.69) is 5.32 Å². The molecule has 5 nitrogen and oxygen atoms in total. The van der Waals surface area contributed by atoms with Gasteiger partial charge in [0.15, 0.2) is 0 Å². The number of nitrogens with one attached hydrogen (secondary N) is 1. The van der Waals surface area contributed by atoms with E-state index in [1.165, 1.54) is 0 Å². The van der Waals surface area contributed by atoms with Crippen molar-refractivity contribution < 1.29 is 14.7 Å². The highest BCUT2D eigenvalue weighted by atomic mass is 16.4. The molecule has 2 amide bonds. The van der Waals surface area contributed by atoms with Crippen LogP contribution in [0.1, 0.15) is 52.9 Å². The van der Waals surface area contributed by atoms with E-state index in [-0.39, 0.29) is 23.4 Å². The molecule has 1 saturated carbocycles. The van der Waals surface area contributed by atoms with E-state index in [4.69, 9.17) is 5.11 Å². The summed E-state index contributed by atoms with van der Waals surface area (Å²) in [4.78, 5) is 24.7. The van der Waals surface area contributed by atoms with Crippen molar-refractivity contribution in [1.29, 1.82) is 0 Å². The van der Waals surface area contributed by atoms with Crippen LogP contribution >= 0.6 is 0 Å². The SMILES string of the molecule is CCC(C)(C)N(C)C(=O)NCC1(CC(=O)O)CCC1. The summed E-state index contributed by atoms with van der Waals surface area (Å²) in [6.45, 7) is 6.54. The van der Waals surface area contributed by atoms with Crippen LogP contribution in [0.15, 0.2) is 0 Å². The molecule has 0 spiro atoms. The highest BCUT2D eigenvalue weighted by molar-refractivity contribution is 5.75. The lowest BCUT2D eigenvalue weighted by Gasteiger charge is -2.42. The van der Waals surface area contributed by atoms with Crippen LogP contribution in [0.2, 0.25) is 0 Å². The van der Waals surface area contributed by atoms with Gasteiger partial charge in [0, 0.05) is 19.1 Å². The second-order valence-corrected chi connectivity index (χ2v) is 6.31. The van der Waals surface area contributed by atoms with E-state index in [9.17, 15) is 9.59 Å². The minimum absolute atomic E-state index is 0.122. The first-order valence-corrected chi connectivity index (χ1v) is 6.96. The zero-order valence-corrected chi connectivity index (χ0v) is 12.5. The predicted molar refractivity (Wildman–Crippen MR) is 74.1 cm³/mol. The lowest BCUT2D eigenvalue weighted by atomic mass is 9.66. The van der Waals surface area contributed by atoms with Crippen LogP contribution in [-0.4, -0.2) is 41.1 Å². The van der Waals surface area contributed by atoms with Crippen LogP contribution in [0.5, 0.6) is 0 Å². The fourth-order valence-electron chi connectivity index (χ4n) is 2.31. The molecule has 110 valence electrons. The van der Waals surface area contributed by atoms with Gasteiger partial charge in [0.05, 0.1) is 6.42 Å². The summed E-state index contributed by atoms with van der Waals surface area (Å²) in [5.74, 6) is -0.781. The minimum Gasteiger partial charge on any atom is -0.481 e. The third kappa shape index (κ3) is 3.85. The molecule has 1 fully saturated rings. The lowest BCUT2D eigenvalue weighted by Crippen LogP contribution is -2.52. The Balaban J connectivity index is 2.51. The van der Waals surface area contributed by atoms with Crippen molar-refractivity contribution in [3.8, 4) is 0 Å².